The van der Waals surface area contributed by atoms with Crippen LogP contribution in [0.5, 0.6) is 11.5 Å². The average Bonchev–Trinajstić information content (AvgIpc) is 2.45. The molecule has 0 spiro atoms. The molecule has 1 atom stereocenters. The highest BCUT2D eigenvalue weighted by molar-refractivity contribution is 6.53. The molecule has 0 aliphatic carbocycles. The second-order valence-corrected chi connectivity index (χ2v) is 5.76. The number of ether oxygens (including phenoxy) is 2. The summed E-state index contributed by atoms with van der Waals surface area (Å²) in [5.41, 5.74) is 2.19. The first-order valence-electron chi connectivity index (χ1n) is 6.33. The lowest BCUT2D eigenvalue weighted by Crippen LogP contribution is -2.41. The van der Waals surface area contributed by atoms with Gasteiger partial charge in [-0.3, -0.25) is 4.79 Å². The fourth-order valence-electron chi connectivity index (χ4n) is 2.57. The number of hydrogen-bond acceptors (Lipinski definition) is 3. The first-order chi connectivity index (χ1) is 9.49. The molecule has 1 aromatic carbocycles. The Labute approximate surface area is 128 Å². The lowest BCUT2D eigenvalue weighted by atomic mass is 9.93. The Balaban J connectivity index is 2.38. The summed E-state index contributed by atoms with van der Waals surface area (Å²) in [5, 5.41) is 0. The van der Waals surface area contributed by atoms with E-state index in [1.54, 1.807) is 19.1 Å². The zero-order valence-electron chi connectivity index (χ0n) is 11.7. The van der Waals surface area contributed by atoms with Gasteiger partial charge in [-0.25, -0.2) is 0 Å². The maximum atomic E-state index is 12.0. The second-order valence-electron chi connectivity index (χ2n) is 4.66. The van der Waals surface area contributed by atoms with Gasteiger partial charge in [0, 0.05) is 6.54 Å². The van der Waals surface area contributed by atoms with Crippen LogP contribution in [0.1, 0.15) is 24.1 Å². The summed E-state index contributed by atoms with van der Waals surface area (Å²) >= 11 is 11.4. The fourth-order valence-corrected chi connectivity index (χ4v) is 2.82. The molecule has 2 rings (SSSR count). The van der Waals surface area contributed by atoms with E-state index in [-0.39, 0.29) is 11.9 Å². The van der Waals surface area contributed by atoms with Gasteiger partial charge in [-0.05, 0) is 36.6 Å². The third-order valence-electron chi connectivity index (χ3n) is 3.65. The molecule has 0 bridgehead atoms. The number of nitrogens with zero attached hydrogens (tertiary/aromatic N) is 1. The van der Waals surface area contributed by atoms with Crippen LogP contribution in [0.4, 0.5) is 0 Å². The van der Waals surface area contributed by atoms with Crippen molar-refractivity contribution in [2.75, 3.05) is 20.8 Å². The van der Waals surface area contributed by atoms with Gasteiger partial charge in [0.15, 0.2) is 16.3 Å². The van der Waals surface area contributed by atoms with Crippen LogP contribution < -0.4 is 9.47 Å². The molecule has 1 aromatic rings. The van der Waals surface area contributed by atoms with Crippen molar-refractivity contribution in [2.45, 2.75) is 24.2 Å². The topological polar surface area (TPSA) is 38.8 Å². The minimum atomic E-state index is -1.03. The Bertz CT molecular complexity index is 519. The van der Waals surface area contributed by atoms with Crippen LogP contribution in [0, 0.1) is 0 Å². The van der Waals surface area contributed by atoms with Crippen molar-refractivity contribution in [1.29, 1.82) is 0 Å². The van der Waals surface area contributed by atoms with E-state index in [1.807, 2.05) is 19.1 Å². The van der Waals surface area contributed by atoms with E-state index in [4.69, 9.17) is 32.7 Å². The van der Waals surface area contributed by atoms with Crippen molar-refractivity contribution in [3.63, 3.8) is 0 Å². The molecule has 0 aromatic heterocycles. The summed E-state index contributed by atoms with van der Waals surface area (Å²) in [5.74, 6) is 1.09. The van der Waals surface area contributed by atoms with Crippen molar-refractivity contribution in [3.8, 4) is 11.5 Å². The molecule has 0 saturated heterocycles. The summed E-state index contributed by atoms with van der Waals surface area (Å²) in [6.07, 6.45) is 0.742. The predicted octanol–water partition coefficient (Wildman–Crippen LogP) is 2.95. The molecule has 1 unspecified atom stereocenters. The summed E-state index contributed by atoms with van der Waals surface area (Å²) in [7, 11) is 3.20. The van der Waals surface area contributed by atoms with Crippen molar-refractivity contribution in [2.24, 2.45) is 0 Å². The van der Waals surface area contributed by atoms with Crippen LogP contribution in [0.3, 0.4) is 0 Å². The van der Waals surface area contributed by atoms with Gasteiger partial charge in [0.2, 0.25) is 0 Å². The SMILES string of the molecule is COc1cc2c(cc1OC)C(C)N(C(=O)C(Cl)Cl)CC2. The van der Waals surface area contributed by atoms with Crippen molar-refractivity contribution >= 4 is 29.1 Å². The van der Waals surface area contributed by atoms with Crippen LogP contribution >= 0.6 is 23.2 Å². The first-order valence-corrected chi connectivity index (χ1v) is 7.20. The zero-order valence-corrected chi connectivity index (χ0v) is 13.2. The number of amides is 1. The van der Waals surface area contributed by atoms with Gasteiger partial charge in [0.05, 0.1) is 20.3 Å². The maximum Gasteiger partial charge on any atom is 0.256 e. The van der Waals surface area contributed by atoms with Crippen LogP contribution in [-0.2, 0) is 11.2 Å². The lowest BCUT2D eigenvalue weighted by Gasteiger charge is -2.36. The summed E-state index contributed by atoms with van der Waals surface area (Å²) in [6, 6.07) is 3.78. The fraction of sp³-hybridized carbons (Fsp3) is 0.500. The van der Waals surface area contributed by atoms with Gasteiger partial charge < -0.3 is 14.4 Å². The van der Waals surface area contributed by atoms with E-state index in [0.717, 1.165) is 17.5 Å². The van der Waals surface area contributed by atoms with E-state index in [9.17, 15) is 4.79 Å². The molecule has 1 heterocycles. The number of halogens is 2. The Morgan fingerprint density at radius 2 is 1.90 bits per heavy atom. The highest BCUT2D eigenvalue weighted by Gasteiger charge is 2.31. The quantitative estimate of drug-likeness (QED) is 0.804. The highest BCUT2D eigenvalue weighted by Crippen LogP contribution is 2.38. The molecule has 6 heteroatoms. The Hall–Kier alpha value is -1.13. The number of fused-ring (bicyclic) bond motifs is 1. The van der Waals surface area contributed by atoms with Gasteiger partial charge in [-0.1, -0.05) is 23.2 Å². The monoisotopic (exact) mass is 317 g/mol. The van der Waals surface area contributed by atoms with Crippen molar-refractivity contribution < 1.29 is 14.3 Å². The molecule has 0 saturated carbocycles. The van der Waals surface area contributed by atoms with Crippen LogP contribution in [0.25, 0.3) is 0 Å². The smallest absolute Gasteiger partial charge is 0.256 e. The second kappa shape index (κ2) is 6.10. The van der Waals surface area contributed by atoms with Crippen LogP contribution in [-0.4, -0.2) is 36.4 Å². The van der Waals surface area contributed by atoms with Crippen LogP contribution in [0.2, 0.25) is 0 Å². The van der Waals surface area contributed by atoms with E-state index in [0.29, 0.717) is 18.0 Å². The van der Waals surface area contributed by atoms with E-state index in [1.165, 1.54) is 0 Å². The van der Waals surface area contributed by atoms with E-state index < -0.39 is 4.84 Å². The standard InChI is InChI=1S/C14H17Cl2NO3/c1-8-10-7-12(20-3)11(19-2)6-9(10)4-5-17(8)14(18)13(15)16/h6-8,13H,4-5H2,1-3H3. The molecule has 0 fully saturated rings. The van der Waals surface area contributed by atoms with Gasteiger partial charge in [0.1, 0.15) is 0 Å². The van der Waals surface area contributed by atoms with Crippen molar-refractivity contribution in [3.05, 3.63) is 23.3 Å². The minimum Gasteiger partial charge on any atom is -0.493 e. The molecule has 0 radical (unpaired) electrons. The first kappa shape index (κ1) is 15.3. The summed E-state index contributed by atoms with van der Waals surface area (Å²) in [6.45, 7) is 2.55. The van der Waals surface area contributed by atoms with E-state index >= 15 is 0 Å². The number of alkyl halides is 2. The molecule has 1 aliphatic heterocycles. The zero-order chi connectivity index (χ0) is 14.9. The van der Waals surface area contributed by atoms with E-state index in [2.05, 4.69) is 0 Å². The Kier molecular flexibility index (Phi) is 4.66. The van der Waals surface area contributed by atoms with Gasteiger partial charge in [0.25, 0.3) is 5.91 Å². The molecule has 1 aliphatic rings. The number of rotatable bonds is 3. The molecular formula is C14H17Cl2NO3. The van der Waals surface area contributed by atoms with Gasteiger partial charge >= 0.3 is 0 Å². The number of benzene rings is 1. The molecule has 110 valence electrons. The Morgan fingerprint density at radius 3 is 2.45 bits per heavy atom. The number of carbonyl (C=O) groups excluding carboxylic acids is 1. The number of carbonyl (C=O) groups is 1. The van der Waals surface area contributed by atoms with Gasteiger partial charge in [-0.15, -0.1) is 0 Å². The maximum absolute atomic E-state index is 12.0. The van der Waals surface area contributed by atoms with Crippen LogP contribution in [0.15, 0.2) is 12.1 Å². The number of hydrogen-bond donors (Lipinski definition) is 0. The largest absolute Gasteiger partial charge is 0.493 e. The predicted molar refractivity (Wildman–Crippen MR) is 78.9 cm³/mol. The molecule has 1 amide bonds. The van der Waals surface area contributed by atoms with Crippen molar-refractivity contribution in [1.82, 2.24) is 4.90 Å². The third-order valence-corrected chi connectivity index (χ3v) is 4.03. The molecular weight excluding hydrogens is 301 g/mol. The number of methoxy groups -OCH3 is 2. The Morgan fingerprint density at radius 1 is 1.30 bits per heavy atom. The molecule has 4 nitrogen and oxygen atoms in total. The highest BCUT2D eigenvalue weighted by atomic mass is 35.5. The lowest BCUT2D eigenvalue weighted by molar-refractivity contribution is -0.131. The molecule has 0 N–H and O–H groups in total. The normalized spacial score (nSPS) is 17.9. The minimum absolute atomic E-state index is 0.0916. The summed E-state index contributed by atoms with van der Waals surface area (Å²) in [4.78, 5) is 12.7. The molecule has 20 heavy (non-hydrogen) atoms. The summed E-state index contributed by atoms with van der Waals surface area (Å²) < 4.78 is 10.6. The van der Waals surface area contributed by atoms with Gasteiger partial charge in [-0.2, -0.15) is 0 Å². The third kappa shape index (κ3) is 2.67. The average molecular weight is 318 g/mol.